The predicted molar refractivity (Wildman–Crippen MR) is 64.4 cm³/mol. The number of hydrogen-bond donors (Lipinski definition) is 2. The second-order valence-electron chi connectivity index (χ2n) is 4.87. The molecule has 4 nitrogen and oxygen atoms in total. The van der Waals surface area contributed by atoms with Gasteiger partial charge in [-0.1, -0.05) is 19.3 Å². The smallest absolute Gasteiger partial charge is 0.370 e. The quantitative estimate of drug-likeness (QED) is 0.594. The molecule has 2 unspecified atom stereocenters. The van der Waals surface area contributed by atoms with Crippen molar-refractivity contribution >= 4 is 5.91 Å². The maximum absolute atomic E-state index is 11.9. The van der Waals surface area contributed by atoms with Crippen LogP contribution in [-0.4, -0.2) is 37.9 Å². The van der Waals surface area contributed by atoms with Crippen molar-refractivity contribution in [2.24, 2.45) is 11.7 Å². The van der Waals surface area contributed by atoms with E-state index in [1.165, 1.54) is 0 Å². The zero-order valence-corrected chi connectivity index (χ0v) is 10.8. The van der Waals surface area contributed by atoms with Crippen molar-refractivity contribution in [2.75, 3.05) is 19.8 Å². The van der Waals surface area contributed by atoms with Gasteiger partial charge in [-0.2, -0.15) is 13.2 Å². The van der Waals surface area contributed by atoms with Crippen LogP contribution in [0.2, 0.25) is 0 Å². The van der Waals surface area contributed by atoms with E-state index in [4.69, 9.17) is 5.73 Å². The van der Waals surface area contributed by atoms with Crippen molar-refractivity contribution < 1.29 is 22.7 Å². The highest BCUT2D eigenvalue weighted by molar-refractivity contribution is 5.79. The summed E-state index contributed by atoms with van der Waals surface area (Å²) in [6, 6.07) is -0.154. The van der Waals surface area contributed by atoms with Gasteiger partial charge in [0.05, 0.1) is 12.5 Å². The first-order valence-corrected chi connectivity index (χ1v) is 6.58. The zero-order chi connectivity index (χ0) is 14.3. The normalized spacial score (nSPS) is 24.8. The van der Waals surface area contributed by atoms with Gasteiger partial charge < -0.3 is 15.8 Å². The van der Waals surface area contributed by atoms with Gasteiger partial charge in [0.2, 0.25) is 5.91 Å². The summed E-state index contributed by atoms with van der Waals surface area (Å²) in [4.78, 5) is 11.9. The van der Waals surface area contributed by atoms with Gasteiger partial charge in [-0.15, -0.1) is 0 Å². The number of nitrogens with two attached hydrogens (primary N) is 1. The fraction of sp³-hybridized carbons (Fsp3) is 0.917. The largest absolute Gasteiger partial charge is 0.411 e. The van der Waals surface area contributed by atoms with E-state index in [1.807, 2.05) is 0 Å². The minimum atomic E-state index is -4.33. The number of alkyl halides is 3. The molecule has 3 N–H and O–H groups in total. The van der Waals surface area contributed by atoms with Crippen LogP contribution >= 0.6 is 0 Å². The Morgan fingerprint density at radius 3 is 2.63 bits per heavy atom. The topological polar surface area (TPSA) is 64.4 Å². The van der Waals surface area contributed by atoms with Gasteiger partial charge in [0.1, 0.15) is 6.61 Å². The third kappa shape index (κ3) is 6.77. The molecular weight excluding hydrogens is 261 g/mol. The Morgan fingerprint density at radius 1 is 1.26 bits per heavy atom. The molecule has 1 saturated carbocycles. The molecule has 1 aliphatic rings. The molecule has 19 heavy (non-hydrogen) atoms. The summed E-state index contributed by atoms with van der Waals surface area (Å²) in [6.45, 7) is -1.35. The van der Waals surface area contributed by atoms with Crippen LogP contribution in [0.15, 0.2) is 0 Å². The zero-order valence-electron chi connectivity index (χ0n) is 10.8. The first-order valence-electron chi connectivity index (χ1n) is 6.58. The molecule has 1 fully saturated rings. The van der Waals surface area contributed by atoms with Crippen LogP contribution in [0.5, 0.6) is 0 Å². The maximum Gasteiger partial charge on any atom is 0.411 e. The molecule has 1 rings (SSSR count). The number of nitrogens with one attached hydrogen (secondary N) is 1. The molecule has 0 aromatic heterocycles. The van der Waals surface area contributed by atoms with Crippen molar-refractivity contribution in [1.29, 1.82) is 0 Å². The SMILES string of the molecule is NC1CCCCCC1C(=O)NCCOCC(F)(F)F. The molecule has 0 spiro atoms. The second kappa shape index (κ2) is 7.69. The molecular formula is C12H21F3N2O2. The maximum atomic E-state index is 11.9. The third-order valence-electron chi connectivity index (χ3n) is 3.22. The van der Waals surface area contributed by atoms with Gasteiger partial charge in [0.25, 0.3) is 0 Å². The Kier molecular flexibility index (Phi) is 6.57. The molecule has 7 heteroatoms. The van der Waals surface area contributed by atoms with Crippen molar-refractivity contribution in [3.05, 3.63) is 0 Å². The van der Waals surface area contributed by atoms with Crippen molar-refractivity contribution in [3.63, 3.8) is 0 Å². The van der Waals surface area contributed by atoms with Gasteiger partial charge in [-0.25, -0.2) is 0 Å². The predicted octanol–water partition coefficient (Wildman–Crippen LogP) is 1.59. The number of carbonyl (C=O) groups is 1. The standard InChI is InChI=1S/C12H21F3N2O2/c13-12(14,15)8-19-7-6-17-11(18)9-4-2-1-3-5-10(9)16/h9-10H,1-8,16H2,(H,17,18). The Morgan fingerprint density at radius 2 is 1.95 bits per heavy atom. The molecule has 0 radical (unpaired) electrons. The average Bonchev–Trinajstić information content (AvgIpc) is 2.51. The fourth-order valence-corrected chi connectivity index (χ4v) is 2.23. The number of carbonyl (C=O) groups excluding carboxylic acids is 1. The number of hydrogen-bond acceptors (Lipinski definition) is 3. The highest BCUT2D eigenvalue weighted by Crippen LogP contribution is 2.22. The molecule has 0 saturated heterocycles. The Bertz CT molecular complexity index is 285. The van der Waals surface area contributed by atoms with E-state index in [2.05, 4.69) is 10.1 Å². The summed E-state index contributed by atoms with van der Waals surface area (Å²) in [7, 11) is 0. The van der Waals surface area contributed by atoms with E-state index < -0.39 is 12.8 Å². The molecule has 1 aliphatic carbocycles. The number of amides is 1. The molecule has 0 heterocycles. The summed E-state index contributed by atoms with van der Waals surface area (Å²) >= 11 is 0. The lowest BCUT2D eigenvalue weighted by atomic mass is 9.95. The molecule has 0 aromatic rings. The molecule has 2 atom stereocenters. The average molecular weight is 282 g/mol. The van der Waals surface area contributed by atoms with Crippen molar-refractivity contribution in [2.45, 2.75) is 44.3 Å². The third-order valence-corrected chi connectivity index (χ3v) is 3.22. The number of ether oxygens (including phenoxy) is 1. The van der Waals surface area contributed by atoms with Crippen LogP contribution in [0.25, 0.3) is 0 Å². The highest BCUT2D eigenvalue weighted by atomic mass is 19.4. The van der Waals surface area contributed by atoms with Crippen molar-refractivity contribution in [3.8, 4) is 0 Å². The van der Waals surface area contributed by atoms with E-state index in [0.29, 0.717) is 0 Å². The second-order valence-corrected chi connectivity index (χ2v) is 4.87. The van der Waals surface area contributed by atoms with Crippen molar-refractivity contribution in [1.82, 2.24) is 5.32 Å². The van der Waals surface area contributed by atoms with Crippen LogP contribution in [0.4, 0.5) is 13.2 Å². The summed E-state index contributed by atoms with van der Waals surface area (Å²) in [6.07, 6.45) is 0.314. The first-order chi connectivity index (χ1) is 8.90. The van der Waals surface area contributed by atoms with E-state index in [0.717, 1.165) is 32.1 Å². The van der Waals surface area contributed by atoms with E-state index in [-0.39, 0.29) is 31.0 Å². The Labute approximate surface area is 110 Å². The first kappa shape index (κ1) is 16.2. The molecule has 0 aromatic carbocycles. The van der Waals surface area contributed by atoms with Crippen LogP contribution < -0.4 is 11.1 Å². The number of rotatable bonds is 5. The Hall–Kier alpha value is -0.820. The van der Waals surface area contributed by atoms with Crippen LogP contribution in [0, 0.1) is 5.92 Å². The van der Waals surface area contributed by atoms with Gasteiger partial charge >= 0.3 is 6.18 Å². The van der Waals surface area contributed by atoms with Gasteiger partial charge in [-0.3, -0.25) is 4.79 Å². The van der Waals surface area contributed by atoms with Gasteiger partial charge in [0.15, 0.2) is 0 Å². The van der Waals surface area contributed by atoms with Crippen LogP contribution in [0.3, 0.4) is 0 Å². The van der Waals surface area contributed by atoms with Gasteiger partial charge in [-0.05, 0) is 12.8 Å². The highest BCUT2D eigenvalue weighted by Gasteiger charge is 2.28. The number of halogens is 3. The molecule has 0 bridgehead atoms. The molecule has 112 valence electrons. The fourth-order valence-electron chi connectivity index (χ4n) is 2.23. The molecule has 0 aliphatic heterocycles. The van der Waals surface area contributed by atoms with E-state index in [9.17, 15) is 18.0 Å². The minimum Gasteiger partial charge on any atom is -0.370 e. The van der Waals surface area contributed by atoms with Crippen LogP contribution in [-0.2, 0) is 9.53 Å². The lowest BCUT2D eigenvalue weighted by molar-refractivity contribution is -0.173. The lowest BCUT2D eigenvalue weighted by Gasteiger charge is -2.20. The summed E-state index contributed by atoms with van der Waals surface area (Å²) in [5.74, 6) is -0.407. The lowest BCUT2D eigenvalue weighted by Crippen LogP contribution is -2.42. The monoisotopic (exact) mass is 282 g/mol. The minimum absolute atomic E-state index is 0.0815. The van der Waals surface area contributed by atoms with Gasteiger partial charge in [0, 0.05) is 12.6 Å². The van der Waals surface area contributed by atoms with Crippen LogP contribution in [0.1, 0.15) is 32.1 Å². The summed E-state index contributed by atoms with van der Waals surface area (Å²) < 4.78 is 39.8. The van der Waals surface area contributed by atoms with E-state index in [1.54, 1.807) is 0 Å². The Balaban J connectivity index is 2.19. The summed E-state index contributed by atoms with van der Waals surface area (Å²) in [5, 5.41) is 2.59. The van der Waals surface area contributed by atoms with E-state index >= 15 is 0 Å². The molecule has 1 amide bonds. The summed E-state index contributed by atoms with van der Waals surface area (Å²) in [5.41, 5.74) is 5.93.